The van der Waals surface area contributed by atoms with Gasteiger partial charge in [0.15, 0.2) is 0 Å². The van der Waals surface area contributed by atoms with E-state index in [0.717, 1.165) is 13.0 Å². The van der Waals surface area contributed by atoms with Gasteiger partial charge >= 0.3 is 0 Å². The van der Waals surface area contributed by atoms with Crippen molar-refractivity contribution in [2.75, 3.05) is 18.5 Å². The number of rotatable bonds is 5. The van der Waals surface area contributed by atoms with Gasteiger partial charge in [0.2, 0.25) is 0 Å². The topological polar surface area (TPSA) is 68.9 Å². The van der Waals surface area contributed by atoms with Crippen molar-refractivity contribution in [3.8, 4) is 6.07 Å². The van der Waals surface area contributed by atoms with Crippen LogP contribution in [-0.4, -0.2) is 23.2 Å². The average Bonchev–Trinajstić information content (AvgIpc) is 2.27. The first-order chi connectivity index (χ1) is 7.26. The molecule has 0 aliphatic carbocycles. The Morgan fingerprint density at radius 3 is 3.13 bits per heavy atom. The molecule has 0 fully saturated rings. The summed E-state index contributed by atoms with van der Waals surface area (Å²) in [5, 5.41) is 20.5. The Balaban J connectivity index is 2.47. The van der Waals surface area contributed by atoms with E-state index in [1.165, 1.54) is 0 Å². The van der Waals surface area contributed by atoms with Crippen molar-refractivity contribution in [3.05, 3.63) is 23.9 Å². The van der Waals surface area contributed by atoms with Crippen LogP contribution in [0.15, 0.2) is 18.3 Å². The summed E-state index contributed by atoms with van der Waals surface area (Å²) in [4.78, 5) is 4.09. The lowest BCUT2D eigenvalue weighted by Gasteiger charge is -2.11. The molecular formula is C11H15N3O. The molecule has 1 aromatic rings. The normalized spacial score (nSPS) is 11.8. The third-order valence-electron chi connectivity index (χ3n) is 2.14. The molecule has 2 N–H and O–H groups in total. The van der Waals surface area contributed by atoms with Gasteiger partial charge in [0.05, 0.1) is 11.6 Å². The molecular weight excluding hydrogens is 190 g/mol. The van der Waals surface area contributed by atoms with Crippen LogP contribution in [0.1, 0.15) is 18.9 Å². The van der Waals surface area contributed by atoms with E-state index >= 15 is 0 Å². The van der Waals surface area contributed by atoms with Crippen molar-refractivity contribution < 1.29 is 5.11 Å². The highest BCUT2D eigenvalue weighted by Crippen LogP contribution is 2.07. The van der Waals surface area contributed by atoms with Gasteiger partial charge in [0, 0.05) is 19.3 Å². The van der Waals surface area contributed by atoms with Crippen LogP contribution in [0.3, 0.4) is 0 Å². The highest BCUT2D eigenvalue weighted by atomic mass is 16.3. The minimum Gasteiger partial charge on any atom is -0.396 e. The molecule has 1 atom stereocenters. The van der Waals surface area contributed by atoms with Gasteiger partial charge < -0.3 is 10.4 Å². The van der Waals surface area contributed by atoms with E-state index < -0.39 is 0 Å². The number of nitriles is 1. The van der Waals surface area contributed by atoms with Crippen molar-refractivity contribution in [2.24, 2.45) is 5.92 Å². The van der Waals surface area contributed by atoms with Gasteiger partial charge in [-0.1, -0.05) is 6.92 Å². The number of aliphatic hydroxyl groups excluding tert-OH is 1. The van der Waals surface area contributed by atoms with Crippen LogP contribution in [0.4, 0.5) is 5.82 Å². The molecule has 1 heterocycles. The summed E-state index contributed by atoms with van der Waals surface area (Å²) in [6.45, 7) is 3.01. The summed E-state index contributed by atoms with van der Waals surface area (Å²) >= 11 is 0. The molecule has 15 heavy (non-hydrogen) atoms. The molecule has 4 heteroatoms. The van der Waals surface area contributed by atoms with Gasteiger partial charge in [0.25, 0.3) is 0 Å². The largest absolute Gasteiger partial charge is 0.396 e. The Kier molecular flexibility index (Phi) is 4.58. The van der Waals surface area contributed by atoms with E-state index in [1.807, 2.05) is 0 Å². The van der Waals surface area contributed by atoms with Gasteiger partial charge in [-0.3, -0.25) is 0 Å². The fraction of sp³-hybridized carbons (Fsp3) is 0.455. The van der Waals surface area contributed by atoms with Crippen LogP contribution >= 0.6 is 0 Å². The maximum Gasteiger partial charge on any atom is 0.127 e. The number of hydrogen-bond donors (Lipinski definition) is 2. The SMILES string of the molecule is CC(CCO)CNc1cc(C#N)ccn1. The Morgan fingerprint density at radius 1 is 1.67 bits per heavy atom. The lowest BCUT2D eigenvalue weighted by atomic mass is 10.1. The van der Waals surface area contributed by atoms with E-state index in [1.54, 1.807) is 18.3 Å². The molecule has 80 valence electrons. The van der Waals surface area contributed by atoms with E-state index in [0.29, 0.717) is 17.3 Å². The van der Waals surface area contributed by atoms with Gasteiger partial charge in [-0.25, -0.2) is 4.98 Å². The molecule has 0 bridgehead atoms. The number of nitrogens with one attached hydrogen (secondary N) is 1. The van der Waals surface area contributed by atoms with Crippen LogP contribution in [0.5, 0.6) is 0 Å². The number of hydrogen-bond acceptors (Lipinski definition) is 4. The van der Waals surface area contributed by atoms with E-state index in [9.17, 15) is 0 Å². The molecule has 1 unspecified atom stereocenters. The van der Waals surface area contributed by atoms with Crippen molar-refractivity contribution in [2.45, 2.75) is 13.3 Å². The molecule has 0 saturated heterocycles. The Hall–Kier alpha value is -1.60. The maximum atomic E-state index is 8.73. The van der Waals surface area contributed by atoms with Crippen molar-refractivity contribution in [1.29, 1.82) is 5.26 Å². The first-order valence-corrected chi connectivity index (χ1v) is 4.97. The summed E-state index contributed by atoms with van der Waals surface area (Å²) in [6.07, 6.45) is 2.38. The number of aliphatic hydroxyl groups is 1. The summed E-state index contributed by atoms with van der Waals surface area (Å²) in [5.74, 6) is 1.10. The van der Waals surface area contributed by atoms with Gasteiger partial charge in [-0.2, -0.15) is 5.26 Å². The fourth-order valence-corrected chi connectivity index (χ4v) is 1.20. The maximum absolute atomic E-state index is 8.73. The predicted molar refractivity (Wildman–Crippen MR) is 58.3 cm³/mol. The quantitative estimate of drug-likeness (QED) is 0.762. The second-order valence-electron chi connectivity index (χ2n) is 3.54. The molecule has 0 saturated carbocycles. The number of pyridine rings is 1. The minimum absolute atomic E-state index is 0.203. The zero-order chi connectivity index (χ0) is 11.1. The summed E-state index contributed by atoms with van der Waals surface area (Å²) in [7, 11) is 0. The zero-order valence-corrected chi connectivity index (χ0v) is 8.77. The summed E-state index contributed by atoms with van der Waals surface area (Å²) in [5.41, 5.74) is 0.599. The van der Waals surface area contributed by atoms with Gasteiger partial charge in [-0.15, -0.1) is 0 Å². The molecule has 1 rings (SSSR count). The lowest BCUT2D eigenvalue weighted by Crippen LogP contribution is -2.13. The first kappa shape index (κ1) is 11.5. The molecule has 0 aliphatic heterocycles. The lowest BCUT2D eigenvalue weighted by molar-refractivity contribution is 0.266. The highest BCUT2D eigenvalue weighted by Gasteiger charge is 2.01. The molecule has 1 aromatic heterocycles. The Labute approximate surface area is 89.6 Å². The number of anilines is 1. The van der Waals surface area contributed by atoms with E-state index in [2.05, 4.69) is 23.3 Å². The van der Waals surface area contributed by atoms with E-state index in [-0.39, 0.29) is 6.61 Å². The average molecular weight is 205 g/mol. The first-order valence-electron chi connectivity index (χ1n) is 4.97. The third-order valence-corrected chi connectivity index (χ3v) is 2.14. The Bertz CT molecular complexity index is 346. The molecule has 0 spiro atoms. The smallest absolute Gasteiger partial charge is 0.127 e. The van der Waals surface area contributed by atoms with Crippen molar-refractivity contribution >= 4 is 5.82 Å². The van der Waals surface area contributed by atoms with Crippen molar-refractivity contribution in [1.82, 2.24) is 4.98 Å². The number of nitrogens with zero attached hydrogens (tertiary/aromatic N) is 2. The molecule has 0 aromatic carbocycles. The zero-order valence-electron chi connectivity index (χ0n) is 8.77. The van der Waals surface area contributed by atoms with E-state index in [4.69, 9.17) is 10.4 Å². The summed E-state index contributed by atoms with van der Waals surface area (Å²) < 4.78 is 0. The number of aromatic nitrogens is 1. The Morgan fingerprint density at radius 2 is 2.47 bits per heavy atom. The highest BCUT2D eigenvalue weighted by molar-refractivity contribution is 5.42. The van der Waals surface area contributed by atoms with Gasteiger partial charge in [-0.05, 0) is 24.5 Å². The molecule has 0 amide bonds. The van der Waals surface area contributed by atoms with Crippen LogP contribution < -0.4 is 5.32 Å². The van der Waals surface area contributed by atoms with Crippen molar-refractivity contribution in [3.63, 3.8) is 0 Å². The monoisotopic (exact) mass is 205 g/mol. The second-order valence-corrected chi connectivity index (χ2v) is 3.54. The van der Waals surface area contributed by atoms with Crippen LogP contribution in [0, 0.1) is 17.2 Å². The summed E-state index contributed by atoms with van der Waals surface area (Å²) in [6, 6.07) is 5.44. The predicted octanol–water partition coefficient (Wildman–Crippen LogP) is 1.38. The van der Waals surface area contributed by atoms with Crippen LogP contribution in [0.2, 0.25) is 0 Å². The minimum atomic E-state index is 0.203. The van der Waals surface area contributed by atoms with Crippen LogP contribution in [0.25, 0.3) is 0 Å². The molecule has 4 nitrogen and oxygen atoms in total. The third kappa shape index (κ3) is 3.96. The van der Waals surface area contributed by atoms with Gasteiger partial charge in [0.1, 0.15) is 5.82 Å². The fourth-order valence-electron chi connectivity index (χ4n) is 1.20. The molecule has 0 radical (unpaired) electrons. The second kappa shape index (κ2) is 5.99. The molecule has 0 aliphatic rings. The standard InChI is InChI=1S/C11H15N3O/c1-9(3-5-15)8-14-11-6-10(7-12)2-4-13-11/h2,4,6,9,15H,3,5,8H2,1H3,(H,13,14). The van der Waals surface area contributed by atoms with Crippen LogP contribution in [-0.2, 0) is 0 Å².